The minimum absolute atomic E-state index is 0.120. The molecule has 3 aromatic rings. The maximum absolute atomic E-state index is 12.8. The monoisotopic (exact) mass is 377 g/mol. The molecule has 144 valence electrons. The van der Waals surface area contributed by atoms with Crippen molar-refractivity contribution < 1.29 is 5.11 Å². The van der Waals surface area contributed by atoms with E-state index in [1.165, 1.54) is 12.4 Å². The van der Waals surface area contributed by atoms with Gasteiger partial charge in [0.15, 0.2) is 0 Å². The van der Waals surface area contributed by atoms with Crippen LogP contribution in [0.2, 0.25) is 0 Å². The Bertz CT molecular complexity index is 1020. The second-order valence-electron chi connectivity index (χ2n) is 7.93. The summed E-state index contributed by atoms with van der Waals surface area (Å²) < 4.78 is 1.69. The van der Waals surface area contributed by atoms with E-state index in [9.17, 15) is 9.90 Å². The lowest BCUT2D eigenvalue weighted by molar-refractivity contribution is 0.171. The highest BCUT2D eigenvalue weighted by Gasteiger charge is 2.33. The van der Waals surface area contributed by atoms with Gasteiger partial charge in [-0.25, -0.2) is 15.0 Å². The number of benzene rings is 1. The molecule has 3 heterocycles. The van der Waals surface area contributed by atoms with Crippen molar-refractivity contribution in [3.05, 3.63) is 70.9 Å². The van der Waals surface area contributed by atoms with Gasteiger partial charge in [-0.2, -0.15) is 0 Å². The number of β-amino-alcohol motifs (C(OH)–C–C–N with tert-alkyl or cyclic N) is 1. The number of rotatable bonds is 4. The van der Waals surface area contributed by atoms with Gasteiger partial charge in [0, 0.05) is 30.8 Å². The van der Waals surface area contributed by atoms with Gasteiger partial charge < -0.3 is 10.0 Å². The third-order valence-corrected chi connectivity index (χ3v) is 4.90. The van der Waals surface area contributed by atoms with Gasteiger partial charge >= 0.3 is 0 Å². The van der Waals surface area contributed by atoms with E-state index >= 15 is 0 Å². The molecule has 28 heavy (non-hydrogen) atoms. The van der Waals surface area contributed by atoms with Crippen LogP contribution in [0, 0.1) is 5.41 Å². The molecule has 2 aromatic heterocycles. The van der Waals surface area contributed by atoms with Crippen molar-refractivity contribution in [1.82, 2.24) is 19.5 Å². The molecule has 1 aromatic carbocycles. The summed E-state index contributed by atoms with van der Waals surface area (Å²) in [5.74, 6) is 0.565. The molecule has 7 heteroatoms. The number of hydrogen-bond acceptors (Lipinski definition) is 6. The van der Waals surface area contributed by atoms with Crippen molar-refractivity contribution in [2.75, 3.05) is 18.0 Å². The van der Waals surface area contributed by atoms with Gasteiger partial charge in [0.1, 0.15) is 6.33 Å². The predicted octanol–water partition coefficient (Wildman–Crippen LogP) is 2.28. The minimum Gasteiger partial charge on any atom is -0.387 e. The Balaban J connectivity index is 1.74. The Hall–Kier alpha value is -3.06. The number of fused-ring (bicyclic) bond motifs is 1. The quantitative estimate of drug-likeness (QED) is 0.751. The minimum atomic E-state index is -0.678. The molecule has 0 bridgehead atoms. The average molecular weight is 377 g/mol. The molecular weight excluding hydrogens is 354 g/mol. The Morgan fingerprint density at radius 3 is 2.64 bits per heavy atom. The summed E-state index contributed by atoms with van der Waals surface area (Å²) >= 11 is 0. The molecule has 1 N–H and O–H groups in total. The van der Waals surface area contributed by atoms with Crippen molar-refractivity contribution in [2.45, 2.75) is 26.5 Å². The summed E-state index contributed by atoms with van der Waals surface area (Å²) in [5.41, 5.74) is 1.71. The second-order valence-corrected chi connectivity index (χ2v) is 7.93. The van der Waals surface area contributed by atoms with E-state index in [4.69, 9.17) is 4.98 Å². The zero-order valence-electron chi connectivity index (χ0n) is 16.0. The molecule has 0 fully saturated rings. The van der Waals surface area contributed by atoms with Crippen LogP contribution in [0.3, 0.4) is 0 Å². The van der Waals surface area contributed by atoms with Crippen LogP contribution in [-0.4, -0.2) is 37.7 Å². The lowest BCUT2D eigenvalue weighted by Crippen LogP contribution is -2.48. The van der Waals surface area contributed by atoms with E-state index in [1.54, 1.807) is 16.8 Å². The fourth-order valence-corrected chi connectivity index (χ4v) is 3.66. The molecule has 0 unspecified atom stereocenters. The fourth-order valence-electron chi connectivity index (χ4n) is 3.66. The highest BCUT2D eigenvalue weighted by molar-refractivity contribution is 5.55. The summed E-state index contributed by atoms with van der Waals surface area (Å²) in [4.78, 5) is 27.7. The first kappa shape index (κ1) is 18.3. The van der Waals surface area contributed by atoms with Crippen LogP contribution in [-0.2, 0) is 6.54 Å². The van der Waals surface area contributed by atoms with E-state index < -0.39 is 6.10 Å². The number of anilines is 1. The van der Waals surface area contributed by atoms with Crippen LogP contribution >= 0.6 is 0 Å². The smallest absolute Gasteiger partial charge is 0.255 e. The summed E-state index contributed by atoms with van der Waals surface area (Å²) in [5, 5.41) is 10.7. The van der Waals surface area contributed by atoms with Gasteiger partial charge in [0.25, 0.3) is 5.56 Å². The molecule has 0 radical (unpaired) electrons. The molecule has 0 saturated carbocycles. The summed E-state index contributed by atoms with van der Waals surface area (Å²) in [6.07, 6.45) is 2.39. The third-order valence-electron chi connectivity index (χ3n) is 4.90. The SMILES string of the molecule is CC1(C)CN(C[C@H](O)c2ccccc2)c2nc(-c3ccncn3)cc(=O)n2C1. The van der Waals surface area contributed by atoms with Crippen LogP contribution in [0.4, 0.5) is 5.95 Å². The molecule has 1 aliphatic rings. The second kappa shape index (κ2) is 7.16. The van der Waals surface area contributed by atoms with Gasteiger partial charge in [-0.05, 0) is 11.6 Å². The molecule has 0 aliphatic carbocycles. The molecule has 7 nitrogen and oxygen atoms in total. The number of aliphatic hydroxyl groups excluding tert-OH is 1. The average Bonchev–Trinajstić information content (AvgIpc) is 2.69. The highest BCUT2D eigenvalue weighted by atomic mass is 16.3. The summed E-state index contributed by atoms with van der Waals surface area (Å²) in [6.45, 7) is 5.85. The lowest BCUT2D eigenvalue weighted by Gasteiger charge is -2.41. The van der Waals surface area contributed by atoms with E-state index in [-0.39, 0.29) is 11.0 Å². The predicted molar refractivity (Wildman–Crippen MR) is 107 cm³/mol. The number of aromatic nitrogens is 4. The van der Waals surface area contributed by atoms with Crippen molar-refractivity contribution >= 4 is 5.95 Å². The Kier molecular flexibility index (Phi) is 4.68. The van der Waals surface area contributed by atoms with Crippen LogP contribution in [0.15, 0.2) is 59.8 Å². The van der Waals surface area contributed by atoms with E-state index in [2.05, 4.69) is 23.8 Å². The highest BCUT2D eigenvalue weighted by Crippen LogP contribution is 2.31. The van der Waals surface area contributed by atoms with Crippen molar-refractivity contribution in [3.63, 3.8) is 0 Å². The molecule has 0 amide bonds. The van der Waals surface area contributed by atoms with E-state index in [0.717, 1.165) is 5.56 Å². The van der Waals surface area contributed by atoms with Crippen LogP contribution in [0.25, 0.3) is 11.4 Å². The third kappa shape index (κ3) is 3.66. The number of aliphatic hydroxyl groups is 1. The molecule has 1 aliphatic heterocycles. The normalized spacial score (nSPS) is 16.5. The Morgan fingerprint density at radius 2 is 1.93 bits per heavy atom. The Labute approximate surface area is 163 Å². The molecule has 4 rings (SSSR count). The van der Waals surface area contributed by atoms with Crippen molar-refractivity contribution in [3.8, 4) is 11.4 Å². The largest absolute Gasteiger partial charge is 0.387 e. The number of hydrogen-bond donors (Lipinski definition) is 1. The molecule has 1 atom stereocenters. The molecule has 0 spiro atoms. The van der Waals surface area contributed by atoms with Crippen molar-refractivity contribution in [2.24, 2.45) is 5.41 Å². The number of nitrogens with zero attached hydrogens (tertiary/aromatic N) is 5. The van der Waals surface area contributed by atoms with Crippen molar-refractivity contribution in [1.29, 1.82) is 0 Å². The molecule has 0 saturated heterocycles. The fraction of sp³-hybridized carbons (Fsp3) is 0.333. The van der Waals surface area contributed by atoms with Gasteiger partial charge in [0.2, 0.25) is 5.95 Å². The zero-order valence-corrected chi connectivity index (χ0v) is 16.0. The van der Waals surface area contributed by atoms with Crippen LogP contribution in [0.5, 0.6) is 0 Å². The topological polar surface area (TPSA) is 84.1 Å². The maximum atomic E-state index is 12.8. The first-order valence-corrected chi connectivity index (χ1v) is 9.29. The summed E-state index contributed by atoms with van der Waals surface area (Å²) in [7, 11) is 0. The van der Waals surface area contributed by atoms with E-state index in [0.29, 0.717) is 37.0 Å². The first-order valence-electron chi connectivity index (χ1n) is 9.29. The van der Waals surface area contributed by atoms with E-state index in [1.807, 2.05) is 35.2 Å². The van der Waals surface area contributed by atoms with Gasteiger partial charge in [0.05, 0.1) is 24.0 Å². The Morgan fingerprint density at radius 1 is 1.14 bits per heavy atom. The van der Waals surface area contributed by atoms with Gasteiger partial charge in [-0.1, -0.05) is 44.2 Å². The standard InChI is InChI=1S/C21H23N5O2/c1-21(2)12-25(11-18(27)15-6-4-3-5-7-15)20-24-17(10-19(28)26(20)13-21)16-8-9-22-14-23-16/h3-10,14,18,27H,11-13H2,1-2H3/t18-/m0/s1. The first-order chi connectivity index (χ1) is 13.4. The zero-order chi connectivity index (χ0) is 19.7. The molecular formula is C21H23N5O2. The maximum Gasteiger partial charge on any atom is 0.255 e. The lowest BCUT2D eigenvalue weighted by atomic mass is 9.90. The summed E-state index contributed by atoms with van der Waals surface area (Å²) in [6, 6.07) is 12.8. The van der Waals surface area contributed by atoms with Gasteiger partial charge in [-0.15, -0.1) is 0 Å². The van der Waals surface area contributed by atoms with Crippen LogP contribution in [0.1, 0.15) is 25.5 Å². The van der Waals surface area contributed by atoms with Gasteiger partial charge in [-0.3, -0.25) is 9.36 Å². The van der Waals surface area contributed by atoms with Crippen LogP contribution < -0.4 is 10.5 Å².